The van der Waals surface area contributed by atoms with E-state index in [1.54, 1.807) is 42.3 Å². The molecule has 0 N–H and O–H groups in total. The van der Waals surface area contributed by atoms with Crippen molar-refractivity contribution in [2.24, 2.45) is 0 Å². The summed E-state index contributed by atoms with van der Waals surface area (Å²) in [4.78, 5) is 22.0. The van der Waals surface area contributed by atoms with Gasteiger partial charge in [-0.25, -0.2) is 4.98 Å². The van der Waals surface area contributed by atoms with E-state index in [1.165, 1.54) is 18.4 Å². The standard InChI is InChI=1S/C21H23Cl2N3O3S/c1-25(2)10-5-11-26(20(27)14-12-13(22)6-8-16(14)28-3)21-24-18-17(29-4)9-7-15(23)19(18)30-21/h6-9,12H,5,10-11H2,1-4H3. The summed E-state index contributed by atoms with van der Waals surface area (Å²) in [6.45, 7) is 1.30. The van der Waals surface area contributed by atoms with Gasteiger partial charge in [-0.2, -0.15) is 0 Å². The van der Waals surface area contributed by atoms with Crippen molar-refractivity contribution >= 4 is 55.8 Å². The third-order valence-electron chi connectivity index (χ3n) is 4.52. The average molecular weight is 468 g/mol. The minimum absolute atomic E-state index is 0.234. The van der Waals surface area contributed by atoms with Crippen molar-refractivity contribution in [2.75, 3.05) is 46.3 Å². The van der Waals surface area contributed by atoms with Gasteiger partial charge in [0.15, 0.2) is 5.13 Å². The van der Waals surface area contributed by atoms with Gasteiger partial charge in [0.2, 0.25) is 0 Å². The Bertz CT molecular complexity index is 1060. The zero-order valence-corrected chi connectivity index (χ0v) is 19.6. The first-order valence-electron chi connectivity index (χ1n) is 9.29. The van der Waals surface area contributed by atoms with Crippen molar-refractivity contribution in [3.63, 3.8) is 0 Å². The first kappa shape index (κ1) is 22.6. The van der Waals surface area contributed by atoms with Crippen LogP contribution < -0.4 is 14.4 Å². The monoisotopic (exact) mass is 467 g/mol. The Morgan fingerprint density at radius 1 is 1.07 bits per heavy atom. The molecule has 2 aromatic carbocycles. The molecule has 3 aromatic rings. The van der Waals surface area contributed by atoms with E-state index in [2.05, 4.69) is 4.90 Å². The first-order chi connectivity index (χ1) is 14.3. The average Bonchev–Trinajstić information content (AvgIpc) is 3.17. The van der Waals surface area contributed by atoms with Gasteiger partial charge >= 0.3 is 0 Å². The van der Waals surface area contributed by atoms with Gasteiger partial charge in [-0.05, 0) is 57.4 Å². The fourth-order valence-corrected chi connectivity index (χ4v) is 4.50. The molecular weight excluding hydrogens is 445 g/mol. The molecule has 1 aromatic heterocycles. The molecule has 1 amide bonds. The third kappa shape index (κ3) is 4.81. The Morgan fingerprint density at radius 2 is 1.77 bits per heavy atom. The maximum absolute atomic E-state index is 13.5. The number of carbonyl (C=O) groups excluding carboxylic acids is 1. The van der Waals surface area contributed by atoms with Crippen LogP contribution in [0.2, 0.25) is 10.0 Å². The lowest BCUT2D eigenvalue weighted by Crippen LogP contribution is -2.33. The molecule has 9 heteroatoms. The topological polar surface area (TPSA) is 54.9 Å². The van der Waals surface area contributed by atoms with Gasteiger partial charge < -0.3 is 14.4 Å². The SMILES string of the molecule is COc1ccc(Cl)cc1C(=O)N(CCCN(C)C)c1nc2c(OC)ccc(Cl)c2s1. The highest BCUT2D eigenvalue weighted by atomic mass is 35.5. The molecule has 3 rings (SSSR count). The van der Waals surface area contributed by atoms with Crippen molar-refractivity contribution in [1.29, 1.82) is 0 Å². The third-order valence-corrected chi connectivity index (χ3v) is 6.30. The number of anilines is 1. The number of carbonyl (C=O) groups is 1. The normalized spacial score (nSPS) is 11.2. The number of halogens is 2. The van der Waals surface area contributed by atoms with E-state index >= 15 is 0 Å². The number of hydrogen-bond acceptors (Lipinski definition) is 6. The predicted octanol–water partition coefficient (Wildman–Crippen LogP) is 5.22. The summed E-state index contributed by atoms with van der Waals surface area (Å²) in [5, 5.41) is 1.57. The lowest BCUT2D eigenvalue weighted by molar-refractivity contribution is 0.0983. The van der Waals surface area contributed by atoms with Crippen LogP contribution in [0.3, 0.4) is 0 Å². The van der Waals surface area contributed by atoms with Gasteiger partial charge in [-0.1, -0.05) is 34.5 Å². The van der Waals surface area contributed by atoms with Gasteiger partial charge in [-0.3, -0.25) is 9.69 Å². The van der Waals surface area contributed by atoms with E-state index in [-0.39, 0.29) is 5.91 Å². The minimum Gasteiger partial charge on any atom is -0.496 e. The van der Waals surface area contributed by atoms with Crippen molar-refractivity contribution in [3.05, 3.63) is 45.9 Å². The summed E-state index contributed by atoms with van der Waals surface area (Å²) in [6, 6.07) is 8.53. The van der Waals surface area contributed by atoms with E-state index in [9.17, 15) is 4.79 Å². The summed E-state index contributed by atoms with van der Waals surface area (Å²) in [5.41, 5.74) is 1.01. The van der Waals surface area contributed by atoms with Crippen molar-refractivity contribution < 1.29 is 14.3 Å². The van der Waals surface area contributed by atoms with Crippen LogP contribution in [0.1, 0.15) is 16.8 Å². The molecular formula is C21H23Cl2N3O3S. The second kappa shape index (κ2) is 9.83. The highest BCUT2D eigenvalue weighted by Crippen LogP contribution is 2.39. The molecule has 0 bridgehead atoms. The fraction of sp³-hybridized carbons (Fsp3) is 0.333. The van der Waals surface area contributed by atoms with E-state index in [1.807, 2.05) is 14.1 Å². The molecule has 0 spiro atoms. The molecule has 0 aliphatic rings. The highest BCUT2D eigenvalue weighted by molar-refractivity contribution is 7.23. The quantitative estimate of drug-likeness (QED) is 0.454. The molecule has 0 atom stereocenters. The number of ether oxygens (including phenoxy) is 2. The lowest BCUT2D eigenvalue weighted by atomic mass is 10.1. The zero-order valence-electron chi connectivity index (χ0n) is 17.2. The van der Waals surface area contributed by atoms with Crippen LogP contribution in [0, 0.1) is 0 Å². The van der Waals surface area contributed by atoms with Crippen LogP contribution in [0.5, 0.6) is 11.5 Å². The van der Waals surface area contributed by atoms with Gasteiger partial charge in [0.1, 0.15) is 17.0 Å². The van der Waals surface area contributed by atoms with Crippen molar-refractivity contribution in [1.82, 2.24) is 9.88 Å². The summed E-state index contributed by atoms with van der Waals surface area (Å²) in [5.74, 6) is 0.832. The molecule has 30 heavy (non-hydrogen) atoms. The highest BCUT2D eigenvalue weighted by Gasteiger charge is 2.25. The van der Waals surface area contributed by atoms with Crippen LogP contribution in [0.25, 0.3) is 10.2 Å². The molecule has 160 valence electrons. The van der Waals surface area contributed by atoms with Gasteiger partial charge in [0.25, 0.3) is 5.91 Å². The number of rotatable bonds is 8. The summed E-state index contributed by atoms with van der Waals surface area (Å²) < 4.78 is 11.6. The first-order valence-corrected chi connectivity index (χ1v) is 10.9. The van der Waals surface area contributed by atoms with Crippen molar-refractivity contribution in [2.45, 2.75) is 6.42 Å². The van der Waals surface area contributed by atoms with Gasteiger partial charge in [-0.15, -0.1) is 0 Å². The van der Waals surface area contributed by atoms with Gasteiger partial charge in [0, 0.05) is 11.6 Å². The lowest BCUT2D eigenvalue weighted by Gasteiger charge is -2.22. The second-order valence-corrected chi connectivity index (χ2v) is 8.70. The number of aromatic nitrogens is 1. The Morgan fingerprint density at radius 3 is 2.43 bits per heavy atom. The maximum atomic E-state index is 13.5. The molecule has 0 radical (unpaired) electrons. The largest absolute Gasteiger partial charge is 0.496 e. The smallest absolute Gasteiger partial charge is 0.263 e. The van der Waals surface area contributed by atoms with E-state index in [4.69, 9.17) is 37.7 Å². The predicted molar refractivity (Wildman–Crippen MR) is 124 cm³/mol. The number of benzene rings is 2. The number of nitrogens with zero attached hydrogens (tertiary/aromatic N) is 3. The van der Waals surface area contributed by atoms with E-state index < -0.39 is 0 Å². The number of fused-ring (bicyclic) bond motifs is 1. The summed E-state index contributed by atoms with van der Waals surface area (Å²) in [7, 11) is 7.10. The molecule has 1 heterocycles. The molecule has 6 nitrogen and oxygen atoms in total. The molecule has 0 fully saturated rings. The summed E-state index contributed by atoms with van der Waals surface area (Å²) in [6.07, 6.45) is 0.766. The number of amides is 1. The maximum Gasteiger partial charge on any atom is 0.263 e. The molecule has 0 aliphatic carbocycles. The Labute approximate surface area is 189 Å². The Hall–Kier alpha value is -2.06. The van der Waals surface area contributed by atoms with Crippen LogP contribution in [-0.4, -0.2) is 57.2 Å². The Balaban J connectivity index is 2.07. The fourth-order valence-electron chi connectivity index (χ4n) is 3.04. The number of hydrogen-bond donors (Lipinski definition) is 0. The van der Waals surface area contributed by atoms with Crippen LogP contribution in [0.15, 0.2) is 30.3 Å². The van der Waals surface area contributed by atoms with E-state index in [0.29, 0.717) is 44.3 Å². The number of thiazole rings is 1. The van der Waals surface area contributed by atoms with Crippen molar-refractivity contribution in [3.8, 4) is 11.5 Å². The zero-order chi connectivity index (χ0) is 21.8. The summed E-state index contributed by atoms with van der Waals surface area (Å²) >= 11 is 13.9. The molecule has 0 saturated carbocycles. The van der Waals surface area contributed by atoms with Crippen LogP contribution in [0.4, 0.5) is 5.13 Å². The van der Waals surface area contributed by atoms with E-state index in [0.717, 1.165) is 17.7 Å². The molecule has 0 unspecified atom stereocenters. The van der Waals surface area contributed by atoms with Gasteiger partial charge in [0.05, 0.1) is 29.5 Å². The Kier molecular flexibility index (Phi) is 7.41. The molecule has 0 saturated heterocycles. The minimum atomic E-state index is -0.234. The second-order valence-electron chi connectivity index (χ2n) is 6.88. The number of methoxy groups -OCH3 is 2. The van der Waals surface area contributed by atoms with Crippen LogP contribution >= 0.6 is 34.5 Å². The van der Waals surface area contributed by atoms with Crippen LogP contribution in [-0.2, 0) is 0 Å². The molecule has 0 aliphatic heterocycles.